The van der Waals surface area contributed by atoms with Crippen molar-refractivity contribution in [3.8, 4) is 0 Å². The minimum absolute atomic E-state index is 0.0171. The molecule has 4 nitrogen and oxygen atoms in total. The average molecular weight is 289 g/mol. The van der Waals surface area contributed by atoms with E-state index in [2.05, 4.69) is 34.5 Å². The number of carbonyl (C=O) groups is 1. The molecule has 0 spiro atoms. The first-order valence-electron chi connectivity index (χ1n) is 7.88. The number of nitrogens with zero attached hydrogens (tertiary/aromatic N) is 1. The van der Waals surface area contributed by atoms with Gasteiger partial charge in [0.1, 0.15) is 0 Å². The monoisotopic (exact) mass is 289 g/mol. The van der Waals surface area contributed by atoms with E-state index in [0.717, 1.165) is 32.5 Å². The third kappa shape index (κ3) is 4.83. The molecule has 0 bridgehead atoms. The first kappa shape index (κ1) is 16.0. The summed E-state index contributed by atoms with van der Waals surface area (Å²) in [4.78, 5) is 14.5. The summed E-state index contributed by atoms with van der Waals surface area (Å²) in [5.41, 5.74) is 7.23. The van der Waals surface area contributed by atoms with Gasteiger partial charge in [0.15, 0.2) is 0 Å². The lowest BCUT2D eigenvalue weighted by atomic mass is 10.0. The Hall–Kier alpha value is -1.39. The Morgan fingerprint density at radius 2 is 2.10 bits per heavy atom. The lowest BCUT2D eigenvalue weighted by Gasteiger charge is -2.34. The van der Waals surface area contributed by atoms with E-state index in [4.69, 9.17) is 5.73 Å². The third-order valence-electron chi connectivity index (χ3n) is 4.12. The highest BCUT2D eigenvalue weighted by atomic mass is 16.2. The molecule has 1 heterocycles. The van der Waals surface area contributed by atoms with E-state index >= 15 is 0 Å². The fraction of sp³-hybridized carbons (Fsp3) is 0.588. The van der Waals surface area contributed by atoms with Crippen molar-refractivity contribution >= 4 is 5.91 Å². The highest BCUT2D eigenvalue weighted by Crippen LogP contribution is 2.14. The Kier molecular flexibility index (Phi) is 5.76. The van der Waals surface area contributed by atoms with Crippen LogP contribution in [0.2, 0.25) is 0 Å². The molecule has 1 aromatic rings. The van der Waals surface area contributed by atoms with Crippen LogP contribution in [0, 0.1) is 5.92 Å². The Labute approximate surface area is 127 Å². The van der Waals surface area contributed by atoms with Crippen LogP contribution in [-0.4, -0.2) is 36.0 Å². The number of nitrogens with one attached hydrogen (secondary N) is 1. The fourth-order valence-corrected chi connectivity index (χ4v) is 2.76. The topological polar surface area (TPSA) is 58.4 Å². The highest BCUT2D eigenvalue weighted by Gasteiger charge is 2.24. The highest BCUT2D eigenvalue weighted by molar-refractivity contribution is 5.82. The predicted molar refractivity (Wildman–Crippen MR) is 85.7 cm³/mol. The molecule has 3 N–H and O–H groups in total. The number of hydrogen-bond acceptors (Lipinski definition) is 3. The summed E-state index contributed by atoms with van der Waals surface area (Å²) < 4.78 is 0. The molecule has 2 unspecified atom stereocenters. The first-order valence-corrected chi connectivity index (χ1v) is 7.88. The second-order valence-electron chi connectivity index (χ2n) is 6.34. The van der Waals surface area contributed by atoms with Crippen molar-refractivity contribution in [2.75, 3.05) is 13.1 Å². The van der Waals surface area contributed by atoms with Crippen LogP contribution in [0.3, 0.4) is 0 Å². The van der Waals surface area contributed by atoms with E-state index < -0.39 is 6.04 Å². The van der Waals surface area contributed by atoms with Crippen LogP contribution in [0.5, 0.6) is 0 Å². The normalized spacial score (nSPS) is 21.2. The van der Waals surface area contributed by atoms with Crippen LogP contribution >= 0.6 is 0 Å². The molecule has 2 atom stereocenters. The summed E-state index contributed by atoms with van der Waals surface area (Å²) >= 11 is 0. The number of rotatable bonds is 5. The van der Waals surface area contributed by atoms with Crippen molar-refractivity contribution in [2.45, 2.75) is 45.3 Å². The van der Waals surface area contributed by atoms with Crippen LogP contribution in [0.1, 0.15) is 32.3 Å². The number of hydrogen-bond donors (Lipinski definition) is 2. The van der Waals surface area contributed by atoms with Gasteiger partial charge in [0.25, 0.3) is 0 Å². The van der Waals surface area contributed by atoms with E-state index in [1.807, 2.05) is 19.9 Å². The summed E-state index contributed by atoms with van der Waals surface area (Å²) in [6, 6.07) is 10.3. The molecule has 1 fully saturated rings. The van der Waals surface area contributed by atoms with E-state index in [1.54, 1.807) is 0 Å². The number of benzene rings is 1. The van der Waals surface area contributed by atoms with Gasteiger partial charge in [-0.1, -0.05) is 44.2 Å². The van der Waals surface area contributed by atoms with Crippen molar-refractivity contribution < 1.29 is 4.79 Å². The van der Waals surface area contributed by atoms with E-state index in [1.165, 1.54) is 5.56 Å². The van der Waals surface area contributed by atoms with Crippen LogP contribution < -0.4 is 11.1 Å². The lowest BCUT2D eigenvalue weighted by molar-refractivity contribution is -0.124. The molecule has 1 amide bonds. The van der Waals surface area contributed by atoms with Gasteiger partial charge in [0, 0.05) is 19.1 Å². The van der Waals surface area contributed by atoms with Crippen LogP contribution in [-0.2, 0) is 11.3 Å². The Morgan fingerprint density at radius 1 is 1.38 bits per heavy atom. The van der Waals surface area contributed by atoms with E-state index in [9.17, 15) is 4.79 Å². The number of amides is 1. The largest absolute Gasteiger partial charge is 0.351 e. The zero-order chi connectivity index (χ0) is 15.2. The van der Waals surface area contributed by atoms with Crippen molar-refractivity contribution in [1.82, 2.24) is 10.2 Å². The van der Waals surface area contributed by atoms with Crippen molar-refractivity contribution in [1.29, 1.82) is 0 Å². The molecule has 0 aliphatic carbocycles. The summed E-state index contributed by atoms with van der Waals surface area (Å²) in [6.45, 7) is 6.91. The van der Waals surface area contributed by atoms with Gasteiger partial charge in [-0.15, -0.1) is 0 Å². The maximum absolute atomic E-state index is 12.1. The minimum atomic E-state index is -0.408. The molecular formula is C17H27N3O. The van der Waals surface area contributed by atoms with Crippen molar-refractivity contribution in [3.63, 3.8) is 0 Å². The zero-order valence-electron chi connectivity index (χ0n) is 13.1. The van der Waals surface area contributed by atoms with Crippen LogP contribution in [0.4, 0.5) is 0 Å². The molecule has 1 aromatic carbocycles. The van der Waals surface area contributed by atoms with Gasteiger partial charge < -0.3 is 11.1 Å². The second-order valence-corrected chi connectivity index (χ2v) is 6.34. The predicted octanol–water partition coefficient (Wildman–Crippen LogP) is 1.75. The van der Waals surface area contributed by atoms with Gasteiger partial charge in [0.2, 0.25) is 5.91 Å². The molecule has 1 aliphatic rings. The molecular weight excluding hydrogens is 262 g/mol. The SMILES string of the molecule is CC(C)C(N)C(=O)NC1CCCN(Cc2ccccc2)C1. The molecule has 4 heteroatoms. The van der Waals surface area contributed by atoms with E-state index in [0.29, 0.717) is 0 Å². The van der Waals surface area contributed by atoms with Gasteiger partial charge in [-0.2, -0.15) is 0 Å². The summed E-state index contributed by atoms with van der Waals surface area (Å²) in [5.74, 6) is 0.158. The minimum Gasteiger partial charge on any atom is -0.351 e. The Bertz CT molecular complexity index is 447. The van der Waals surface area contributed by atoms with Gasteiger partial charge in [-0.05, 0) is 30.9 Å². The number of piperidine rings is 1. The van der Waals surface area contributed by atoms with Crippen LogP contribution in [0.15, 0.2) is 30.3 Å². The summed E-state index contributed by atoms with van der Waals surface area (Å²) in [7, 11) is 0. The van der Waals surface area contributed by atoms with Gasteiger partial charge in [0.05, 0.1) is 6.04 Å². The molecule has 2 rings (SSSR count). The summed E-state index contributed by atoms with van der Waals surface area (Å²) in [6.07, 6.45) is 2.16. The number of nitrogens with two attached hydrogens (primary N) is 1. The molecule has 0 aromatic heterocycles. The molecule has 0 radical (unpaired) electrons. The zero-order valence-corrected chi connectivity index (χ0v) is 13.1. The molecule has 1 aliphatic heterocycles. The van der Waals surface area contributed by atoms with Gasteiger partial charge >= 0.3 is 0 Å². The molecule has 116 valence electrons. The number of carbonyl (C=O) groups excluding carboxylic acids is 1. The number of likely N-dealkylation sites (tertiary alicyclic amines) is 1. The smallest absolute Gasteiger partial charge is 0.237 e. The standard InChI is InChI=1S/C17H27N3O/c1-13(2)16(18)17(21)19-15-9-6-10-20(12-15)11-14-7-4-3-5-8-14/h3-5,7-8,13,15-16H,6,9-12,18H2,1-2H3,(H,19,21). The molecule has 21 heavy (non-hydrogen) atoms. The summed E-state index contributed by atoms with van der Waals surface area (Å²) in [5, 5.41) is 3.11. The quantitative estimate of drug-likeness (QED) is 0.868. The molecule has 0 saturated carbocycles. The lowest BCUT2D eigenvalue weighted by Crippen LogP contribution is -2.52. The Morgan fingerprint density at radius 3 is 2.76 bits per heavy atom. The molecule has 1 saturated heterocycles. The van der Waals surface area contributed by atoms with Crippen LogP contribution in [0.25, 0.3) is 0 Å². The first-order chi connectivity index (χ1) is 10.1. The maximum Gasteiger partial charge on any atom is 0.237 e. The van der Waals surface area contributed by atoms with E-state index in [-0.39, 0.29) is 17.9 Å². The van der Waals surface area contributed by atoms with Crippen molar-refractivity contribution in [2.24, 2.45) is 11.7 Å². The van der Waals surface area contributed by atoms with Gasteiger partial charge in [-0.3, -0.25) is 9.69 Å². The Balaban J connectivity index is 1.85. The third-order valence-corrected chi connectivity index (χ3v) is 4.12. The van der Waals surface area contributed by atoms with Crippen molar-refractivity contribution in [3.05, 3.63) is 35.9 Å². The maximum atomic E-state index is 12.1. The fourth-order valence-electron chi connectivity index (χ4n) is 2.76. The second kappa shape index (κ2) is 7.57. The van der Waals surface area contributed by atoms with Gasteiger partial charge in [-0.25, -0.2) is 0 Å². The average Bonchev–Trinajstić information content (AvgIpc) is 2.47.